The zero-order valence-corrected chi connectivity index (χ0v) is 11.3. The van der Waals surface area contributed by atoms with Gasteiger partial charge in [0.15, 0.2) is 5.58 Å². The van der Waals surface area contributed by atoms with E-state index in [0.717, 1.165) is 27.9 Å². The molecule has 0 fully saturated rings. The van der Waals surface area contributed by atoms with Gasteiger partial charge in [0, 0.05) is 17.0 Å². The van der Waals surface area contributed by atoms with Crippen molar-refractivity contribution >= 4 is 22.6 Å². The van der Waals surface area contributed by atoms with Crippen LogP contribution in [0, 0.1) is 0 Å². The number of furan rings is 1. The SMILES string of the molecule is CC(N)c1cccc(-c2cc3cccc(Cl)c3o2)c1. The van der Waals surface area contributed by atoms with Crippen LogP contribution < -0.4 is 5.73 Å². The van der Waals surface area contributed by atoms with Crippen LogP contribution in [-0.2, 0) is 0 Å². The fourth-order valence-electron chi connectivity index (χ4n) is 2.14. The second-order valence-corrected chi connectivity index (χ2v) is 5.09. The van der Waals surface area contributed by atoms with Crippen LogP contribution in [-0.4, -0.2) is 0 Å². The molecular weight excluding hydrogens is 258 g/mol. The van der Waals surface area contributed by atoms with Gasteiger partial charge in [-0.2, -0.15) is 0 Å². The van der Waals surface area contributed by atoms with Gasteiger partial charge < -0.3 is 10.2 Å². The average Bonchev–Trinajstić information content (AvgIpc) is 2.84. The Bertz CT molecular complexity index is 730. The molecule has 3 heteroatoms. The van der Waals surface area contributed by atoms with Gasteiger partial charge in [-0.25, -0.2) is 0 Å². The van der Waals surface area contributed by atoms with Gasteiger partial charge in [-0.3, -0.25) is 0 Å². The van der Waals surface area contributed by atoms with Crippen LogP contribution in [0.2, 0.25) is 5.02 Å². The van der Waals surface area contributed by atoms with Gasteiger partial charge in [0.1, 0.15) is 5.76 Å². The highest BCUT2D eigenvalue weighted by Crippen LogP contribution is 2.32. The van der Waals surface area contributed by atoms with Crippen LogP contribution in [0.15, 0.2) is 52.9 Å². The molecule has 19 heavy (non-hydrogen) atoms. The smallest absolute Gasteiger partial charge is 0.153 e. The van der Waals surface area contributed by atoms with E-state index in [2.05, 4.69) is 6.07 Å². The molecule has 0 aliphatic heterocycles. The summed E-state index contributed by atoms with van der Waals surface area (Å²) in [5.74, 6) is 0.811. The van der Waals surface area contributed by atoms with E-state index >= 15 is 0 Å². The third-order valence-corrected chi connectivity index (χ3v) is 3.49. The fourth-order valence-corrected chi connectivity index (χ4v) is 2.37. The van der Waals surface area contributed by atoms with E-state index < -0.39 is 0 Å². The van der Waals surface area contributed by atoms with E-state index in [0.29, 0.717) is 5.02 Å². The molecule has 3 aromatic rings. The monoisotopic (exact) mass is 271 g/mol. The first kappa shape index (κ1) is 12.3. The Morgan fingerprint density at radius 3 is 2.63 bits per heavy atom. The molecular formula is C16H14ClNO. The zero-order chi connectivity index (χ0) is 13.4. The maximum atomic E-state index is 6.13. The van der Waals surface area contributed by atoms with E-state index in [9.17, 15) is 0 Å². The maximum Gasteiger partial charge on any atom is 0.153 e. The average molecular weight is 272 g/mol. The first-order chi connectivity index (χ1) is 9.15. The molecule has 1 unspecified atom stereocenters. The summed E-state index contributed by atoms with van der Waals surface area (Å²) in [6.45, 7) is 1.97. The predicted octanol–water partition coefficient (Wildman–Crippen LogP) is 4.77. The van der Waals surface area contributed by atoms with Gasteiger partial charge in [0.2, 0.25) is 0 Å². The Morgan fingerprint density at radius 2 is 1.89 bits per heavy atom. The molecule has 0 amide bonds. The van der Waals surface area contributed by atoms with Crippen LogP contribution in [0.1, 0.15) is 18.5 Å². The number of nitrogens with two attached hydrogens (primary N) is 1. The summed E-state index contributed by atoms with van der Waals surface area (Å²) in [4.78, 5) is 0. The third kappa shape index (κ3) is 2.25. The van der Waals surface area contributed by atoms with Crippen LogP contribution in [0.5, 0.6) is 0 Å². The third-order valence-electron chi connectivity index (χ3n) is 3.19. The van der Waals surface area contributed by atoms with E-state index in [1.54, 1.807) is 0 Å². The molecule has 0 radical (unpaired) electrons. The second kappa shape index (κ2) is 4.72. The predicted molar refractivity (Wildman–Crippen MR) is 79.3 cm³/mol. The molecule has 2 nitrogen and oxygen atoms in total. The Labute approximate surface area is 116 Å². The van der Waals surface area contributed by atoms with Crippen molar-refractivity contribution in [3.8, 4) is 11.3 Å². The lowest BCUT2D eigenvalue weighted by molar-refractivity contribution is 0.631. The van der Waals surface area contributed by atoms with Gasteiger partial charge in [-0.15, -0.1) is 0 Å². The van der Waals surface area contributed by atoms with E-state index in [1.807, 2.05) is 49.4 Å². The van der Waals surface area contributed by atoms with Crippen LogP contribution >= 0.6 is 11.6 Å². The molecule has 0 spiro atoms. The molecule has 1 aromatic heterocycles. The Hall–Kier alpha value is -1.77. The fraction of sp³-hybridized carbons (Fsp3) is 0.125. The van der Waals surface area contributed by atoms with Crippen LogP contribution in [0.3, 0.4) is 0 Å². The van der Waals surface area contributed by atoms with Crippen LogP contribution in [0.25, 0.3) is 22.3 Å². The molecule has 1 heterocycles. The van der Waals surface area contributed by atoms with Crippen LogP contribution in [0.4, 0.5) is 0 Å². The maximum absolute atomic E-state index is 6.13. The van der Waals surface area contributed by atoms with Gasteiger partial charge in [-0.05, 0) is 30.7 Å². The summed E-state index contributed by atoms with van der Waals surface area (Å²) in [5.41, 5.74) is 8.74. The number of hydrogen-bond donors (Lipinski definition) is 1. The Kier molecular flexibility index (Phi) is 3.05. The number of fused-ring (bicyclic) bond motifs is 1. The minimum Gasteiger partial charge on any atom is -0.455 e. The minimum atomic E-state index is 0.00733. The lowest BCUT2D eigenvalue weighted by Crippen LogP contribution is -2.04. The quantitative estimate of drug-likeness (QED) is 0.729. The highest BCUT2D eigenvalue weighted by Gasteiger charge is 2.09. The number of halogens is 1. The molecule has 3 rings (SSSR count). The lowest BCUT2D eigenvalue weighted by Gasteiger charge is -2.06. The highest BCUT2D eigenvalue weighted by molar-refractivity contribution is 6.34. The number of benzene rings is 2. The highest BCUT2D eigenvalue weighted by atomic mass is 35.5. The van der Waals surface area contributed by atoms with E-state index in [-0.39, 0.29) is 6.04 Å². The number of para-hydroxylation sites is 1. The summed E-state index contributed by atoms with van der Waals surface area (Å²) >= 11 is 6.13. The van der Waals surface area contributed by atoms with Crippen molar-refractivity contribution in [1.82, 2.24) is 0 Å². The summed E-state index contributed by atoms with van der Waals surface area (Å²) in [6.07, 6.45) is 0. The van der Waals surface area contributed by atoms with Crippen molar-refractivity contribution in [1.29, 1.82) is 0 Å². The molecule has 0 saturated heterocycles. The van der Waals surface area contributed by atoms with E-state index in [1.165, 1.54) is 0 Å². The number of rotatable bonds is 2. The molecule has 2 aromatic carbocycles. The van der Waals surface area contributed by atoms with Gasteiger partial charge in [-0.1, -0.05) is 41.9 Å². The van der Waals surface area contributed by atoms with Crippen molar-refractivity contribution in [2.75, 3.05) is 0 Å². The summed E-state index contributed by atoms with van der Waals surface area (Å²) in [6, 6.07) is 15.8. The van der Waals surface area contributed by atoms with Gasteiger partial charge >= 0.3 is 0 Å². The summed E-state index contributed by atoms with van der Waals surface area (Å²) in [5, 5.41) is 1.64. The minimum absolute atomic E-state index is 0.00733. The molecule has 2 N–H and O–H groups in total. The lowest BCUT2D eigenvalue weighted by atomic mass is 10.0. The molecule has 0 saturated carbocycles. The van der Waals surface area contributed by atoms with Crippen molar-refractivity contribution in [3.63, 3.8) is 0 Å². The van der Waals surface area contributed by atoms with Gasteiger partial charge in [0.05, 0.1) is 5.02 Å². The second-order valence-electron chi connectivity index (χ2n) is 4.68. The normalized spacial score (nSPS) is 12.8. The van der Waals surface area contributed by atoms with E-state index in [4.69, 9.17) is 21.8 Å². The first-order valence-electron chi connectivity index (χ1n) is 6.19. The Balaban J connectivity index is 2.14. The van der Waals surface area contributed by atoms with Crippen molar-refractivity contribution in [2.24, 2.45) is 5.73 Å². The Morgan fingerprint density at radius 1 is 1.11 bits per heavy atom. The summed E-state index contributed by atoms with van der Waals surface area (Å²) < 4.78 is 5.85. The standard InChI is InChI=1S/C16H14ClNO/c1-10(18)11-4-2-5-12(8-11)15-9-13-6-3-7-14(17)16(13)19-15/h2-10H,18H2,1H3. The molecule has 1 atom stereocenters. The topological polar surface area (TPSA) is 39.2 Å². The van der Waals surface area contributed by atoms with Crippen molar-refractivity contribution in [2.45, 2.75) is 13.0 Å². The van der Waals surface area contributed by atoms with Gasteiger partial charge in [0.25, 0.3) is 0 Å². The van der Waals surface area contributed by atoms with Crippen molar-refractivity contribution in [3.05, 3.63) is 59.1 Å². The molecule has 0 bridgehead atoms. The molecule has 96 valence electrons. The van der Waals surface area contributed by atoms with Crippen molar-refractivity contribution < 1.29 is 4.42 Å². The molecule has 0 aliphatic rings. The summed E-state index contributed by atoms with van der Waals surface area (Å²) in [7, 11) is 0. The molecule has 0 aliphatic carbocycles. The largest absolute Gasteiger partial charge is 0.455 e. The first-order valence-corrected chi connectivity index (χ1v) is 6.57. The number of hydrogen-bond acceptors (Lipinski definition) is 2. The zero-order valence-electron chi connectivity index (χ0n) is 10.6.